The Labute approximate surface area is 171 Å². The number of likely N-dealkylation sites (tertiary alicyclic amines) is 1. The molecule has 0 aliphatic carbocycles. The molecule has 0 N–H and O–H groups in total. The topological polar surface area (TPSA) is 67.3 Å². The van der Waals surface area contributed by atoms with Crippen LogP contribution in [0.15, 0.2) is 64.5 Å². The van der Waals surface area contributed by atoms with E-state index in [1.807, 2.05) is 18.2 Å². The van der Waals surface area contributed by atoms with Crippen LogP contribution in [0.3, 0.4) is 0 Å². The summed E-state index contributed by atoms with van der Waals surface area (Å²) in [7, 11) is -3.90. The van der Waals surface area contributed by atoms with Crippen molar-refractivity contribution in [3.05, 3.63) is 65.9 Å². The molecule has 0 unspecified atom stereocenters. The number of amides is 1. The van der Waals surface area contributed by atoms with Gasteiger partial charge in [0.05, 0.1) is 20.9 Å². The summed E-state index contributed by atoms with van der Waals surface area (Å²) in [6.45, 7) is 5.42. The van der Waals surface area contributed by atoms with E-state index in [2.05, 4.69) is 18.8 Å². The quantitative estimate of drug-likeness (QED) is 0.641. The van der Waals surface area contributed by atoms with Crippen molar-refractivity contribution < 1.29 is 13.2 Å². The minimum Gasteiger partial charge on any atom is -0.339 e. The second kappa shape index (κ2) is 7.59. The lowest BCUT2D eigenvalue weighted by molar-refractivity contribution is 0.0789. The van der Waals surface area contributed by atoms with Crippen molar-refractivity contribution in [2.45, 2.75) is 42.4 Å². The third-order valence-corrected chi connectivity index (χ3v) is 7.35. The van der Waals surface area contributed by atoms with Crippen LogP contribution in [0, 0.1) is 0 Å². The molecule has 29 heavy (non-hydrogen) atoms. The van der Waals surface area contributed by atoms with Crippen molar-refractivity contribution in [1.82, 2.24) is 9.88 Å². The second-order valence-electron chi connectivity index (χ2n) is 7.74. The number of benzene rings is 2. The molecule has 3 aromatic rings. The van der Waals surface area contributed by atoms with Crippen molar-refractivity contribution in [1.29, 1.82) is 0 Å². The molecule has 1 amide bonds. The number of carbonyl (C=O) groups excluding carboxylic acids is 1. The molecule has 0 bridgehead atoms. The van der Waals surface area contributed by atoms with E-state index in [1.54, 1.807) is 35.2 Å². The number of carbonyl (C=O) groups is 1. The van der Waals surface area contributed by atoms with Gasteiger partial charge in [0.1, 0.15) is 0 Å². The smallest absolute Gasteiger partial charge is 0.256 e. The normalized spacial score (nSPS) is 14.7. The van der Waals surface area contributed by atoms with E-state index < -0.39 is 9.84 Å². The molecular weight excluding hydrogens is 384 g/mol. The average Bonchev–Trinajstić information content (AvgIpc) is 3.27. The number of hydrogen-bond acceptors (Lipinski definition) is 4. The standard InChI is InChI=1S/C23H24N2O3S/c1-16(2)17-9-11-18(12-10-17)29(27,28)22-19-7-3-4-8-21(19)24-15-20(22)23(26)25-13-5-6-14-25/h3-4,7-12,15-16H,5-6,13-14H2,1-2H3. The first-order chi connectivity index (χ1) is 13.9. The van der Waals surface area contributed by atoms with E-state index in [-0.39, 0.29) is 21.3 Å². The highest BCUT2D eigenvalue weighted by atomic mass is 32.2. The molecule has 1 aliphatic rings. The van der Waals surface area contributed by atoms with Crippen molar-refractivity contribution in [2.24, 2.45) is 0 Å². The lowest BCUT2D eigenvalue weighted by atomic mass is 10.0. The van der Waals surface area contributed by atoms with Crippen molar-refractivity contribution in [3.63, 3.8) is 0 Å². The number of aromatic nitrogens is 1. The largest absolute Gasteiger partial charge is 0.339 e. The van der Waals surface area contributed by atoms with Gasteiger partial charge in [-0.05, 0) is 42.5 Å². The summed E-state index contributed by atoms with van der Waals surface area (Å²) in [6, 6.07) is 14.0. The SMILES string of the molecule is CC(C)c1ccc(S(=O)(=O)c2c(C(=O)N3CCCC3)cnc3ccccc23)cc1. The maximum Gasteiger partial charge on any atom is 0.256 e. The Hall–Kier alpha value is -2.73. The molecule has 0 spiro atoms. The highest BCUT2D eigenvalue weighted by Crippen LogP contribution is 2.32. The van der Waals surface area contributed by atoms with Gasteiger partial charge in [-0.3, -0.25) is 9.78 Å². The molecule has 1 aromatic heterocycles. The third kappa shape index (κ3) is 3.53. The Morgan fingerprint density at radius 2 is 1.66 bits per heavy atom. The van der Waals surface area contributed by atoms with Gasteiger partial charge in [-0.25, -0.2) is 8.42 Å². The average molecular weight is 409 g/mol. The van der Waals surface area contributed by atoms with Crippen molar-refractivity contribution in [3.8, 4) is 0 Å². The van der Waals surface area contributed by atoms with E-state index in [0.717, 1.165) is 18.4 Å². The van der Waals surface area contributed by atoms with E-state index in [1.165, 1.54) is 6.20 Å². The summed E-state index contributed by atoms with van der Waals surface area (Å²) in [5.41, 5.74) is 1.78. The molecule has 0 radical (unpaired) electrons. The summed E-state index contributed by atoms with van der Waals surface area (Å²) in [5, 5.41) is 0.477. The van der Waals surface area contributed by atoms with Crippen LogP contribution >= 0.6 is 0 Å². The van der Waals surface area contributed by atoms with Gasteiger partial charge in [0.15, 0.2) is 0 Å². The van der Waals surface area contributed by atoms with Crippen molar-refractivity contribution >= 4 is 26.6 Å². The Kier molecular flexibility index (Phi) is 5.13. The van der Waals surface area contributed by atoms with Gasteiger partial charge >= 0.3 is 0 Å². The van der Waals surface area contributed by atoms with E-state index in [0.29, 0.717) is 29.9 Å². The summed E-state index contributed by atoms with van der Waals surface area (Å²) >= 11 is 0. The molecule has 150 valence electrons. The van der Waals surface area contributed by atoms with Gasteiger partial charge in [0, 0.05) is 24.7 Å². The van der Waals surface area contributed by atoms with Gasteiger partial charge in [-0.1, -0.05) is 44.2 Å². The Bertz CT molecular complexity index is 1160. The van der Waals surface area contributed by atoms with E-state index in [9.17, 15) is 13.2 Å². The Morgan fingerprint density at radius 1 is 1.00 bits per heavy atom. The van der Waals surface area contributed by atoms with E-state index in [4.69, 9.17) is 0 Å². The monoisotopic (exact) mass is 408 g/mol. The van der Waals surface area contributed by atoms with Crippen LogP contribution in [0.1, 0.15) is 48.5 Å². The van der Waals surface area contributed by atoms with Crippen LogP contribution in [0.5, 0.6) is 0 Å². The first kappa shape index (κ1) is 19.6. The van der Waals surface area contributed by atoms with Crippen LogP contribution in [0.2, 0.25) is 0 Å². The van der Waals surface area contributed by atoms with Crippen LogP contribution < -0.4 is 0 Å². The van der Waals surface area contributed by atoms with Crippen LogP contribution in [0.25, 0.3) is 10.9 Å². The van der Waals surface area contributed by atoms with Gasteiger partial charge < -0.3 is 4.90 Å². The molecule has 4 rings (SSSR count). The lowest BCUT2D eigenvalue weighted by Gasteiger charge is -2.19. The zero-order chi connectivity index (χ0) is 20.6. The first-order valence-corrected chi connectivity index (χ1v) is 11.4. The molecule has 1 fully saturated rings. The van der Waals surface area contributed by atoms with Crippen LogP contribution in [-0.4, -0.2) is 37.3 Å². The molecule has 0 saturated carbocycles. The Balaban J connectivity index is 1.92. The van der Waals surface area contributed by atoms with Gasteiger partial charge in [-0.15, -0.1) is 0 Å². The summed E-state index contributed by atoms with van der Waals surface area (Å²) in [5.74, 6) is 0.0407. The predicted octanol–water partition coefficient (Wildman–Crippen LogP) is 4.43. The minimum absolute atomic E-state index is 0.0531. The van der Waals surface area contributed by atoms with Gasteiger partial charge in [0.25, 0.3) is 5.91 Å². The number of para-hydroxylation sites is 1. The highest BCUT2D eigenvalue weighted by molar-refractivity contribution is 7.91. The van der Waals surface area contributed by atoms with Crippen LogP contribution in [-0.2, 0) is 9.84 Å². The zero-order valence-electron chi connectivity index (χ0n) is 16.6. The first-order valence-electron chi connectivity index (χ1n) is 9.91. The number of nitrogens with zero attached hydrogens (tertiary/aromatic N) is 2. The molecular formula is C23H24N2O3S. The molecule has 6 heteroatoms. The maximum absolute atomic E-state index is 13.7. The molecule has 0 atom stereocenters. The summed E-state index contributed by atoms with van der Waals surface area (Å²) in [6.07, 6.45) is 3.29. The highest BCUT2D eigenvalue weighted by Gasteiger charge is 2.30. The number of pyridine rings is 1. The van der Waals surface area contributed by atoms with Crippen LogP contribution in [0.4, 0.5) is 0 Å². The predicted molar refractivity (Wildman–Crippen MR) is 113 cm³/mol. The maximum atomic E-state index is 13.7. The number of rotatable bonds is 4. The Morgan fingerprint density at radius 3 is 2.31 bits per heavy atom. The molecule has 1 saturated heterocycles. The molecule has 1 aliphatic heterocycles. The molecule has 2 aromatic carbocycles. The number of sulfone groups is 1. The second-order valence-corrected chi connectivity index (χ2v) is 9.63. The summed E-state index contributed by atoms with van der Waals surface area (Å²) in [4.78, 5) is 19.5. The third-order valence-electron chi connectivity index (χ3n) is 5.48. The molecule has 5 nitrogen and oxygen atoms in total. The molecule has 2 heterocycles. The zero-order valence-corrected chi connectivity index (χ0v) is 17.4. The van der Waals surface area contributed by atoms with Gasteiger partial charge in [-0.2, -0.15) is 0 Å². The fraction of sp³-hybridized carbons (Fsp3) is 0.304. The minimum atomic E-state index is -3.90. The lowest BCUT2D eigenvalue weighted by Crippen LogP contribution is -2.29. The van der Waals surface area contributed by atoms with E-state index >= 15 is 0 Å². The fourth-order valence-corrected chi connectivity index (χ4v) is 5.42. The summed E-state index contributed by atoms with van der Waals surface area (Å²) < 4.78 is 27.3. The van der Waals surface area contributed by atoms with Gasteiger partial charge in [0.2, 0.25) is 9.84 Å². The fourth-order valence-electron chi connectivity index (χ4n) is 3.80. The van der Waals surface area contributed by atoms with Crippen molar-refractivity contribution in [2.75, 3.05) is 13.1 Å². The number of fused-ring (bicyclic) bond motifs is 1. The number of hydrogen-bond donors (Lipinski definition) is 0.